The van der Waals surface area contributed by atoms with E-state index in [1.165, 1.54) is 6.33 Å². The molecule has 0 bridgehead atoms. The van der Waals surface area contributed by atoms with Crippen LogP contribution in [0, 0.1) is 11.3 Å². The van der Waals surface area contributed by atoms with Gasteiger partial charge in [-0.05, 0) is 24.6 Å². The lowest BCUT2D eigenvalue weighted by Crippen LogP contribution is -2.04. The minimum Gasteiger partial charge on any atom is -0.370 e. The van der Waals surface area contributed by atoms with Gasteiger partial charge in [-0.15, -0.1) is 0 Å². The molecule has 19 heavy (non-hydrogen) atoms. The van der Waals surface area contributed by atoms with E-state index in [-0.39, 0.29) is 0 Å². The highest BCUT2D eigenvalue weighted by Crippen LogP contribution is 2.10. The maximum Gasteiger partial charge on any atom is 0.131 e. The summed E-state index contributed by atoms with van der Waals surface area (Å²) in [7, 11) is 0. The summed E-state index contributed by atoms with van der Waals surface area (Å²) in [6, 6.07) is 11.4. The summed E-state index contributed by atoms with van der Waals surface area (Å²) in [5, 5.41) is 15.1. The summed E-state index contributed by atoms with van der Waals surface area (Å²) in [5.74, 6) is 1.58. The van der Waals surface area contributed by atoms with Crippen molar-refractivity contribution in [3.05, 3.63) is 47.8 Å². The van der Waals surface area contributed by atoms with Gasteiger partial charge in [-0.2, -0.15) is 5.26 Å². The maximum atomic E-state index is 8.73. The largest absolute Gasteiger partial charge is 0.370 e. The molecule has 0 saturated heterocycles. The normalized spacial score (nSPS) is 9.68. The standard InChI is InChI=1S/C14H15N5/c1-2-16-13-7-14(19-10-18-13)17-9-12-5-3-11(8-15)4-6-12/h3-7,10H,2,9H2,1H3,(H2,16,17,18,19). The van der Waals surface area contributed by atoms with Crippen LogP contribution in [0.15, 0.2) is 36.7 Å². The van der Waals surface area contributed by atoms with Crippen LogP contribution in [-0.2, 0) is 6.54 Å². The fourth-order valence-corrected chi connectivity index (χ4v) is 1.62. The van der Waals surface area contributed by atoms with Crippen molar-refractivity contribution in [3.8, 4) is 6.07 Å². The van der Waals surface area contributed by atoms with Gasteiger partial charge < -0.3 is 10.6 Å². The Hall–Kier alpha value is -2.61. The molecular weight excluding hydrogens is 238 g/mol. The molecule has 2 aromatic rings. The van der Waals surface area contributed by atoms with Crippen molar-refractivity contribution >= 4 is 11.6 Å². The van der Waals surface area contributed by atoms with E-state index in [2.05, 4.69) is 26.7 Å². The molecule has 2 N–H and O–H groups in total. The van der Waals surface area contributed by atoms with Crippen LogP contribution in [0.3, 0.4) is 0 Å². The van der Waals surface area contributed by atoms with Gasteiger partial charge in [0.05, 0.1) is 11.6 Å². The van der Waals surface area contributed by atoms with Crippen LogP contribution in [0.4, 0.5) is 11.6 Å². The highest BCUT2D eigenvalue weighted by Gasteiger charge is 1.98. The first kappa shape index (κ1) is 12.8. The van der Waals surface area contributed by atoms with Crippen molar-refractivity contribution in [2.24, 2.45) is 0 Å². The minimum absolute atomic E-state index is 0.661. The van der Waals surface area contributed by atoms with Crippen LogP contribution in [0.5, 0.6) is 0 Å². The molecule has 0 aliphatic heterocycles. The van der Waals surface area contributed by atoms with E-state index in [0.717, 1.165) is 23.7 Å². The topological polar surface area (TPSA) is 73.6 Å². The predicted octanol–water partition coefficient (Wildman–Crippen LogP) is 2.39. The van der Waals surface area contributed by atoms with Crippen LogP contribution >= 0.6 is 0 Å². The summed E-state index contributed by atoms with van der Waals surface area (Å²) in [5.41, 5.74) is 1.77. The zero-order chi connectivity index (χ0) is 13.5. The molecule has 0 atom stereocenters. The van der Waals surface area contributed by atoms with E-state index in [1.54, 1.807) is 12.1 Å². The maximum absolute atomic E-state index is 8.73. The number of hydrogen-bond donors (Lipinski definition) is 2. The van der Waals surface area contributed by atoms with E-state index < -0.39 is 0 Å². The van der Waals surface area contributed by atoms with Gasteiger partial charge in [-0.1, -0.05) is 12.1 Å². The zero-order valence-electron chi connectivity index (χ0n) is 10.7. The van der Waals surface area contributed by atoms with Crippen molar-refractivity contribution in [2.75, 3.05) is 17.2 Å². The van der Waals surface area contributed by atoms with Crippen molar-refractivity contribution in [2.45, 2.75) is 13.5 Å². The molecule has 96 valence electrons. The Morgan fingerprint density at radius 3 is 2.42 bits per heavy atom. The van der Waals surface area contributed by atoms with Gasteiger partial charge >= 0.3 is 0 Å². The fourth-order valence-electron chi connectivity index (χ4n) is 1.62. The molecule has 1 heterocycles. The van der Waals surface area contributed by atoms with Crippen LogP contribution < -0.4 is 10.6 Å². The molecule has 1 aromatic carbocycles. The number of nitrogens with one attached hydrogen (secondary N) is 2. The van der Waals surface area contributed by atoms with Crippen molar-refractivity contribution in [1.29, 1.82) is 5.26 Å². The first-order valence-corrected chi connectivity index (χ1v) is 6.10. The molecule has 1 aromatic heterocycles. The Balaban J connectivity index is 1.97. The van der Waals surface area contributed by atoms with Crippen LogP contribution in [0.25, 0.3) is 0 Å². The summed E-state index contributed by atoms with van der Waals surface area (Å²) in [4.78, 5) is 8.26. The Kier molecular flexibility index (Phi) is 4.29. The number of aromatic nitrogens is 2. The number of nitriles is 1. The van der Waals surface area contributed by atoms with E-state index in [4.69, 9.17) is 5.26 Å². The van der Waals surface area contributed by atoms with Gasteiger partial charge in [0.1, 0.15) is 18.0 Å². The second kappa shape index (κ2) is 6.36. The predicted molar refractivity (Wildman–Crippen MR) is 74.7 cm³/mol. The van der Waals surface area contributed by atoms with Gasteiger partial charge in [0.2, 0.25) is 0 Å². The summed E-state index contributed by atoms with van der Waals surface area (Å²) >= 11 is 0. The summed E-state index contributed by atoms with van der Waals surface area (Å²) < 4.78 is 0. The summed E-state index contributed by atoms with van der Waals surface area (Å²) in [6.45, 7) is 3.51. The Labute approximate surface area is 112 Å². The van der Waals surface area contributed by atoms with Gasteiger partial charge in [0.25, 0.3) is 0 Å². The number of rotatable bonds is 5. The van der Waals surface area contributed by atoms with E-state index in [1.807, 2.05) is 25.1 Å². The third kappa shape index (κ3) is 3.68. The van der Waals surface area contributed by atoms with E-state index in [0.29, 0.717) is 12.1 Å². The molecule has 0 radical (unpaired) electrons. The molecule has 2 rings (SSSR count). The molecule has 0 amide bonds. The first-order valence-electron chi connectivity index (χ1n) is 6.10. The lowest BCUT2D eigenvalue weighted by Gasteiger charge is -2.07. The highest BCUT2D eigenvalue weighted by molar-refractivity contribution is 5.46. The Morgan fingerprint density at radius 1 is 1.11 bits per heavy atom. The lowest BCUT2D eigenvalue weighted by molar-refractivity contribution is 1.07. The third-order valence-electron chi connectivity index (χ3n) is 2.58. The van der Waals surface area contributed by atoms with Crippen LogP contribution in [-0.4, -0.2) is 16.5 Å². The van der Waals surface area contributed by atoms with Gasteiger partial charge in [-0.25, -0.2) is 9.97 Å². The molecule has 0 fully saturated rings. The Morgan fingerprint density at radius 2 is 1.79 bits per heavy atom. The molecule has 5 heteroatoms. The highest BCUT2D eigenvalue weighted by atomic mass is 15.1. The second-order valence-corrected chi connectivity index (χ2v) is 3.98. The van der Waals surface area contributed by atoms with Gasteiger partial charge in [-0.3, -0.25) is 0 Å². The van der Waals surface area contributed by atoms with Crippen molar-refractivity contribution in [1.82, 2.24) is 9.97 Å². The number of nitrogens with zero attached hydrogens (tertiary/aromatic N) is 3. The summed E-state index contributed by atoms with van der Waals surface area (Å²) in [6.07, 6.45) is 1.53. The average Bonchev–Trinajstić information content (AvgIpc) is 2.46. The second-order valence-electron chi connectivity index (χ2n) is 3.98. The van der Waals surface area contributed by atoms with Gasteiger partial charge in [0.15, 0.2) is 0 Å². The van der Waals surface area contributed by atoms with E-state index >= 15 is 0 Å². The molecular formula is C14H15N5. The number of anilines is 2. The number of hydrogen-bond acceptors (Lipinski definition) is 5. The molecule has 5 nitrogen and oxygen atoms in total. The average molecular weight is 253 g/mol. The van der Waals surface area contributed by atoms with Gasteiger partial charge in [0, 0.05) is 19.2 Å². The first-order chi connectivity index (χ1) is 9.31. The van der Waals surface area contributed by atoms with Crippen molar-refractivity contribution < 1.29 is 0 Å². The van der Waals surface area contributed by atoms with Crippen LogP contribution in [0.2, 0.25) is 0 Å². The quantitative estimate of drug-likeness (QED) is 0.855. The third-order valence-corrected chi connectivity index (χ3v) is 2.58. The zero-order valence-corrected chi connectivity index (χ0v) is 10.7. The molecule has 0 aliphatic carbocycles. The van der Waals surface area contributed by atoms with Crippen LogP contribution in [0.1, 0.15) is 18.1 Å². The van der Waals surface area contributed by atoms with E-state index in [9.17, 15) is 0 Å². The fraction of sp³-hybridized carbons (Fsp3) is 0.214. The van der Waals surface area contributed by atoms with Crippen molar-refractivity contribution in [3.63, 3.8) is 0 Å². The molecule has 0 aliphatic rings. The molecule has 0 unspecified atom stereocenters. The monoisotopic (exact) mass is 253 g/mol. The molecule has 0 spiro atoms. The SMILES string of the molecule is CCNc1cc(NCc2ccc(C#N)cc2)ncn1. The smallest absolute Gasteiger partial charge is 0.131 e. The Bertz CT molecular complexity index is 571. The lowest BCUT2D eigenvalue weighted by atomic mass is 10.1. The minimum atomic E-state index is 0.661. The number of benzene rings is 1. The molecule has 0 saturated carbocycles.